The second-order valence-electron chi connectivity index (χ2n) is 15.8. The largest absolute Gasteiger partial charge is 0.310 e. The van der Waals surface area contributed by atoms with Gasteiger partial charge in [-0.3, -0.25) is 0 Å². The van der Waals surface area contributed by atoms with Crippen molar-refractivity contribution in [2.24, 2.45) is 0 Å². The summed E-state index contributed by atoms with van der Waals surface area (Å²) in [4.78, 5) is 7.30. The maximum atomic E-state index is 2.47. The topological polar surface area (TPSA) is 9.72 Å². The van der Waals surface area contributed by atoms with Crippen LogP contribution in [0, 0.1) is 0 Å². The number of hydrogen-bond donors (Lipinski definition) is 0. The molecule has 0 aromatic heterocycles. The van der Waals surface area contributed by atoms with Gasteiger partial charge in [0.15, 0.2) is 0 Å². The molecule has 0 N–H and O–H groups in total. The highest BCUT2D eigenvalue weighted by atomic mass is 15.2. The summed E-state index contributed by atoms with van der Waals surface area (Å²) in [7, 11) is 0. The summed E-state index contributed by atoms with van der Waals surface area (Å²) in [5, 5.41) is 7.35. The van der Waals surface area contributed by atoms with Crippen LogP contribution in [0.25, 0.3) is 32.3 Å². The maximum absolute atomic E-state index is 2.47. The van der Waals surface area contributed by atoms with Crippen molar-refractivity contribution in [3.8, 4) is 0 Å². The van der Waals surface area contributed by atoms with E-state index in [0.717, 1.165) is 39.8 Å². The number of fused-ring (bicyclic) bond motifs is 2. The lowest BCUT2D eigenvalue weighted by Gasteiger charge is -2.42. The number of rotatable bonds is 7. The smallest absolute Gasteiger partial charge is 0.0561 e. The molecule has 1 aliphatic heterocycles. The fraction of sp³-hybridized carbons (Fsp3) is 0.0545. The standard InChI is InChI=1S/C55H41N3/c1-55(2)47-27-15-17-29-49(47)58(50-30-18-16-28-48(50)55)44-35-38-31-33-45-51(56(40-19-7-3-8-20-40)41-21-9-4-10-22-41)37-52(46-34-32-39(36-44)53(38)54(45)46)57(42-23-11-5-12-24-42)43-25-13-6-14-26-43/h3-37H,1-2H3. The Morgan fingerprint density at radius 2 is 0.724 bits per heavy atom. The Morgan fingerprint density at radius 3 is 1.12 bits per heavy atom. The fourth-order valence-corrected chi connectivity index (χ4v) is 9.47. The van der Waals surface area contributed by atoms with Gasteiger partial charge in [0.05, 0.1) is 22.7 Å². The monoisotopic (exact) mass is 743 g/mol. The Bertz CT molecular complexity index is 2810. The van der Waals surface area contributed by atoms with E-state index >= 15 is 0 Å². The number of hydrogen-bond acceptors (Lipinski definition) is 3. The van der Waals surface area contributed by atoms with Gasteiger partial charge in [0.1, 0.15) is 0 Å². The van der Waals surface area contributed by atoms with Gasteiger partial charge in [0, 0.05) is 50.0 Å². The van der Waals surface area contributed by atoms with Crippen LogP contribution in [0.4, 0.5) is 51.2 Å². The van der Waals surface area contributed by atoms with Gasteiger partial charge in [-0.05, 0) is 106 Å². The molecular weight excluding hydrogens is 703 g/mol. The van der Waals surface area contributed by atoms with Crippen molar-refractivity contribution in [1.29, 1.82) is 0 Å². The van der Waals surface area contributed by atoms with E-state index in [2.05, 4.69) is 241 Å². The molecule has 0 radical (unpaired) electrons. The molecule has 0 amide bonds. The van der Waals surface area contributed by atoms with Crippen molar-refractivity contribution in [3.05, 3.63) is 223 Å². The SMILES string of the molecule is CC1(C)c2ccccc2N(c2cc3ccc4c(N(c5ccccc5)c5ccccc5)cc(N(c5ccccc5)c5ccccc5)c5ccc(c2)c3c45)c2ccccc21. The Labute approximate surface area is 339 Å². The Kier molecular flexibility index (Phi) is 7.84. The molecule has 0 bridgehead atoms. The van der Waals surface area contributed by atoms with E-state index in [4.69, 9.17) is 0 Å². The minimum Gasteiger partial charge on any atom is -0.310 e. The summed E-state index contributed by atoms with van der Waals surface area (Å²) in [6, 6.07) is 77.4. The third-order valence-corrected chi connectivity index (χ3v) is 12.1. The third kappa shape index (κ3) is 5.28. The minimum absolute atomic E-state index is 0.126. The lowest BCUT2D eigenvalue weighted by Crippen LogP contribution is -2.30. The number of nitrogens with zero attached hydrogens (tertiary/aromatic N) is 3. The predicted octanol–water partition coefficient (Wildman–Crippen LogP) is 15.6. The molecule has 0 saturated carbocycles. The fourth-order valence-electron chi connectivity index (χ4n) is 9.47. The van der Waals surface area contributed by atoms with Crippen molar-refractivity contribution in [3.63, 3.8) is 0 Å². The van der Waals surface area contributed by atoms with E-state index < -0.39 is 0 Å². The van der Waals surface area contributed by atoms with E-state index in [9.17, 15) is 0 Å². The highest BCUT2D eigenvalue weighted by Crippen LogP contribution is 2.54. The van der Waals surface area contributed by atoms with Gasteiger partial charge >= 0.3 is 0 Å². The van der Waals surface area contributed by atoms with Gasteiger partial charge in [0.25, 0.3) is 0 Å². The van der Waals surface area contributed by atoms with E-state index in [0.29, 0.717) is 0 Å². The van der Waals surface area contributed by atoms with E-state index in [-0.39, 0.29) is 5.41 Å². The van der Waals surface area contributed by atoms with Crippen molar-refractivity contribution >= 4 is 83.5 Å². The molecule has 10 aromatic carbocycles. The average Bonchev–Trinajstić information content (AvgIpc) is 3.28. The van der Waals surface area contributed by atoms with Crippen LogP contribution in [0.3, 0.4) is 0 Å². The zero-order chi connectivity index (χ0) is 38.8. The van der Waals surface area contributed by atoms with Crippen LogP contribution < -0.4 is 14.7 Å². The third-order valence-electron chi connectivity index (χ3n) is 12.1. The maximum Gasteiger partial charge on any atom is 0.0561 e. The molecule has 58 heavy (non-hydrogen) atoms. The van der Waals surface area contributed by atoms with Gasteiger partial charge in [-0.2, -0.15) is 0 Å². The number of anilines is 9. The van der Waals surface area contributed by atoms with Crippen LogP contribution in [0.1, 0.15) is 25.0 Å². The summed E-state index contributed by atoms with van der Waals surface area (Å²) in [6.07, 6.45) is 0. The first-order chi connectivity index (χ1) is 28.6. The Morgan fingerprint density at radius 1 is 0.362 bits per heavy atom. The highest BCUT2D eigenvalue weighted by Gasteiger charge is 2.36. The van der Waals surface area contributed by atoms with Crippen molar-refractivity contribution in [2.75, 3.05) is 14.7 Å². The average molecular weight is 744 g/mol. The number of para-hydroxylation sites is 6. The summed E-state index contributed by atoms with van der Waals surface area (Å²) in [6.45, 7) is 4.69. The van der Waals surface area contributed by atoms with Gasteiger partial charge in [-0.1, -0.05) is 147 Å². The number of benzene rings is 10. The van der Waals surface area contributed by atoms with Crippen LogP contribution >= 0.6 is 0 Å². The normalized spacial score (nSPS) is 13.1. The quantitative estimate of drug-likeness (QED) is 0.151. The predicted molar refractivity (Wildman–Crippen MR) is 246 cm³/mol. The molecule has 1 heterocycles. The van der Waals surface area contributed by atoms with Gasteiger partial charge in [0.2, 0.25) is 0 Å². The molecule has 0 spiro atoms. The molecule has 0 saturated heterocycles. The summed E-state index contributed by atoms with van der Waals surface area (Å²) in [5.74, 6) is 0. The molecule has 276 valence electrons. The zero-order valence-corrected chi connectivity index (χ0v) is 32.5. The van der Waals surface area contributed by atoms with Gasteiger partial charge < -0.3 is 14.7 Å². The molecule has 0 atom stereocenters. The van der Waals surface area contributed by atoms with Gasteiger partial charge in [-0.25, -0.2) is 0 Å². The molecule has 0 fully saturated rings. The van der Waals surface area contributed by atoms with E-state index in [1.807, 2.05) is 0 Å². The molecular formula is C55H41N3. The van der Waals surface area contributed by atoms with Crippen molar-refractivity contribution in [1.82, 2.24) is 0 Å². The summed E-state index contributed by atoms with van der Waals surface area (Å²) >= 11 is 0. The first-order valence-corrected chi connectivity index (χ1v) is 20.1. The lowest BCUT2D eigenvalue weighted by atomic mass is 9.73. The first kappa shape index (κ1) is 33.9. The lowest BCUT2D eigenvalue weighted by molar-refractivity contribution is 0.632. The van der Waals surface area contributed by atoms with E-state index in [1.165, 1.54) is 54.8 Å². The second-order valence-corrected chi connectivity index (χ2v) is 15.8. The first-order valence-electron chi connectivity index (χ1n) is 20.1. The van der Waals surface area contributed by atoms with Gasteiger partial charge in [-0.15, -0.1) is 0 Å². The highest BCUT2D eigenvalue weighted by molar-refractivity contribution is 6.29. The minimum atomic E-state index is -0.126. The molecule has 10 aromatic rings. The molecule has 0 aliphatic carbocycles. The van der Waals surface area contributed by atoms with Crippen LogP contribution in [0.2, 0.25) is 0 Å². The van der Waals surface area contributed by atoms with Crippen LogP contribution in [0.15, 0.2) is 212 Å². The van der Waals surface area contributed by atoms with Crippen LogP contribution in [-0.2, 0) is 5.41 Å². The molecule has 3 nitrogen and oxygen atoms in total. The summed E-state index contributed by atoms with van der Waals surface area (Å²) in [5.41, 5.74) is 12.8. The molecule has 3 heteroatoms. The van der Waals surface area contributed by atoms with Crippen LogP contribution in [0.5, 0.6) is 0 Å². The zero-order valence-electron chi connectivity index (χ0n) is 32.5. The molecule has 0 unspecified atom stereocenters. The van der Waals surface area contributed by atoms with E-state index in [1.54, 1.807) is 0 Å². The molecule has 11 rings (SSSR count). The van der Waals surface area contributed by atoms with Crippen LogP contribution in [-0.4, -0.2) is 0 Å². The summed E-state index contributed by atoms with van der Waals surface area (Å²) < 4.78 is 0. The van der Waals surface area contributed by atoms with Crippen molar-refractivity contribution in [2.45, 2.75) is 19.3 Å². The van der Waals surface area contributed by atoms with Crippen molar-refractivity contribution < 1.29 is 0 Å². The Hall–Kier alpha value is -7.36. The Balaban J connectivity index is 1.23. The molecule has 1 aliphatic rings. The second kappa shape index (κ2) is 13.4.